The van der Waals surface area contributed by atoms with Crippen LogP contribution >= 0.6 is 24.0 Å². The largest absolute Gasteiger partial charge is 0.370 e. The second kappa shape index (κ2) is 9.03. The van der Waals surface area contributed by atoms with Crippen LogP contribution in [0, 0.1) is 6.92 Å². The molecular formula is C23H22N4O2S2. The number of fused-ring (bicyclic) bond motifs is 1. The third-order valence-electron chi connectivity index (χ3n) is 5.04. The summed E-state index contributed by atoms with van der Waals surface area (Å²) in [6.07, 6.45) is 4.02. The van der Waals surface area contributed by atoms with Crippen molar-refractivity contribution >= 4 is 51.7 Å². The molecule has 1 aliphatic rings. The highest BCUT2D eigenvalue weighted by Gasteiger charge is 2.32. The Morgan fingerprint density at radius 1 is 1.16 bits per heavy atom. The molecule has 0 radical (unpaired) electrons. The van der Waals surface area contributed by atoms with Crippen molar-refractivity contribution in [3.63, 3.8) is 0 Å². The molecule has 0 bridgehead atoms. The molecule has 0 aliphatic carbocycles. The molecule has 1 saturated heterocycles. The van der Waals surface area contributed by atoms with E-state index in [-0.39, 0.29) is 11.5 Å². The summed E-state index contributed by atoms with van der Waals surface area (Å²) in [6.45, 7) is 4.96. The third-order valence-corrected chi connectivity index (χ3v) is 6.42. The summed E-state index contributed by atoms with van der Waals surface area (Å²) < 4.78 is 2.01. The summed E-state index contributed by atoms with van der Waals surface area (Å²) in [5.74, 6) is 0.290. The SMILES string of the molecule is CCNc1nc2c(C)cccn2c(=O)c1/C=C1/SC(=S)N(CCc2ccccc2)C1=O. The van der Waals surface area contributed by atoms with Gasteiger partial charge in [0.1, 0.15) is 15.8 Å². The first-order chi connectivity index (χ1) is 15.0. The van der Waals surface area contributed by atoms with Gasteiger partial charge in [-0.2, -0.15) is 0 Å². The van der Waals surface area contributed by atoms with E-state index < -0.39 is 0 Å². The fourth-order valence-corrected chi connectivity index (χ4v) is 4.74. The number of amides is 1. The van der Waals surface area contributed by atoms with Crippen LogP contribution in [-0.2, 0) is 11.2 Å². The van der Waals surface area contributed by atoms with Crippen LogP contribution in [0.3, 0.4) is 0 Å². The average molecular weight is 451 g/mol. The molecule has 8 heteroatoms. The number of hydrogen-bond acceptors (Lipinski definition) is 6. The number of nitrogens with one attached hydrogen (secondary N) is 1. The predicted octanol–water partition coefficient (Wildman–Crippen LogP) is 3.88. The molecule has 1 fully saturated rings. The lowest BCUT2D eigenvalue weighted by molar-refractivity contribution is -0.122. The van der Waals surface area contributed by atoms with Crippen molar-refractivity contribution in [2.75, 3.05) is 18.4 Å². The first-order valence-electron chi connectivity index (χ1n) is 10.0. The lowest BCUT2D eigenvalue weighted by Crippen LogP contribution is -2.30. The third kappa shape index (κ3) is 4.26. The van der Waals surface area contributed by atoms with Gasteiger partial charge in [-0.1, -0.05) is 60.4 Å². The Bertz CT molecular complexity index is 1250. The molecule has 0 spiro atoms. The number of thioether (sulfide) groups is 1. The number of carbonyl (C=O) groups is 1. The van der Waals surface area contributed by atoms with Gasteiger partial charge in [0, 0.05) is 19.3 Å². The summed E-state index contributed by atoms with van der Waals surface area (Å²) in [5, 5.41) is 3.16. The summed E-state index contributed by atoms with van der Waals surface area (Å²) in [7, 11) is 0. The van der Waals surface area contributed by atoms with Gasteiger partial charge in [-0.25, -0.2) is 4.98 Å². The Hall–Kier alpha value is -2.97. The Kier molecular flexibility index (Phi) is 6.20. The first-order valence-corrected chi connectivity index (χ1v) is 11.3. The van der Waals surface area contributed by atoms with Crippen molar-refractivity contribution in [2.45, 2.75) is 20.3 Å². The van der Waals surface area contributed by atoms with E-state index in [1.807, 2.05) is 56.3 Å². The van der Waals surface area contributed by atoms with Gasteiger partial charge in [-0.15, -0.1) is 0 Å². The van der Waals surface area contributed by atoms with E-state index in [1.165, 1.54) is 16.2 Å². The second-order valence-electron chi connectivity index (χ2n) is 7.16. The lowest BCUT2D eigenvalue weighted by atomic mass is 10.1. The molecule has 4 rings (SSSR count). The van der Waals surface area contributed by atoms with Crippen LogP contribution in [0.5, 0.6) is 0 Å². The number of aromatic nitrogens is 2. The van der Waals surface area contributed by atoms with Crippen LogP contribution in [-0.4, -0.2) is 37.6 Å². The van der Waals surface area contributed by atoms with Gasteiger partial charge in [0.15, 0.2) is 0 Å². The van der Waals surface area contributed by atoms with Crippen molar-refractivity contribution in [1.29, 1.82) is 0 Å². The van der Waals surface area contributed by atoms with Gasteiger partial charge >= 0.3 is 0 Å². The number of anilines is 1. The molecule has 1 aromatic carbocycles. The highest BCUT2D eigenvalue weighted by atomic mass is 32.2. The normalized spacial score (nSPS) is 15.3. The number of nitrogens with zero attached hydrogens (tertiary/aromatic N) is 3. The molecule has 1 amide bonds. The molecule has 2 aromatic heterocycles. The van der Waals surface area contributed by atoms with Gasteiger partial charge in [-0.05, 0) is 43.5 Å². The van der Waals surface area contributed by atoms with Gasteiger partial charge in [0.2, 0.25) is 0 Å². The number of thiocarbonyl (C=S) groups is 1. The standard InChI is InChI=1S/C23H22N4O2S2/c1-3-24-19-17(21(28)26-12-7-8-15(2)20(26)25-19)14-18-22(29)27(23(30)31-18)13-11-16-9-5-4-6-10-16/h4-10,12,14,24H,3,11,13H2,1-2H3/b18-14+. The maximum atomic E-state index is 13.2. The summed E-state index contributed by atoms with van der Waals surface area (Å²) in [5.41, 5.74) is 2.77. The van der Waals surface area contributed by atoms with E-state index >= 15 is 0 Å². The van der Waals surface area contributed by atoms with Crippen LogP contribution in [0.2, 0.25) is 0 Å². The highest BCUT2D eigenvalue weighted by Crippen LogP contribution is 2.33. The van der Waals surface area contributed by atoms with Crippen LogP contribution in [0.1, 0.15) is 23.6 Å². The molecule has 0 saturated carbocycles. The topological polar surface area (TPSA) is 66.7 Å². The molecule has 0 atom stereocenters. The zero-order chi connectivity index (χ0) is 22.0. The maximum Gasteiger partial charge on any atom is 0.267 e. The Labute approximate surface area is 190 Å². The van der Waals surface area contributed by atoms with Crippen molar-refractivity contribution in [3.05, 3.63) is 80.6 Å². The molecule has 3 aromatic rings. The molecule has 1 N–H and O–H groups in total. The van der Waals surface area contributed by atoms with Gasteiger partial charge in [-0.3, -0.25) is 18.9 Å². The number of benzene rings is 1. The van der Waals surface area contributed by atoms with Crippen LogP contribution < -0.4 is 10.9 Å². The monoisotopic (exact) mass is 450 g/mol. The van der Waals surface area contributed by atoms with Crippen molar-refractivity contribution in [3.8, 4) is 0 Å². The number of hydrogen-bond donors (Lipinski definition) is 1. The molecule has 158 valence electrons. The minimum atomic E-state index is -0.223. The Balaban J connectivity index is 1.68. The van der Waals surface area contributed by atoms with Crippen molar-refractivity contribution in [2.24, 2.45) is 0 Å². The van der Waals surface area contributed by atoms with E-state index in [0.717, 1.165) is 11.1 Å². The number of rotatable bonds is 6. The molecule has 31 heavy (non-hydrogen) atoms. The van der Waals surface area contributed by atoms with Crippen LogP contribution in [0.15, 0.2) is 58.4 Å². The number of aryl methyl sites for hydroxylation is 1. The van der Waals surface area contributed by atoms with E-state index in [9.17, 15) is 9.59 Å². The van der Waals surface area contributed by atoms with E-state index in [0.29, 0.717) is 45.8 Å². The van der Waals surface area contributed by atoms with Gasteiger partial charge in [0.25, 0.3) is 11.5 Å². The summed E-state index contributed by atoms with van der Waals surface area (Å²) in [4.78, 5) is 32.9. The first kappa shape index (κ1) is 21.3. The number of pyridine rings is 1. The zero-order valence-electron chi connectivity index (χ0n) is 17.3. The molecular weight excluding hydrogens is 428 g/mol. The molecule has 6 nitrogen and oxygen atoms in total. The van der Waals surface area contributed by atoms with Gasteiger partial charge < -0.3 is 5.32 Å². The fraction of sp³-hybridized carbons (Fsp3) is 0.217. The fourth-order valence-electron chi connectivity index (χ4n) is 3.45. The lowest BCUT2D eigenvalue weighted by Gasteiger charge is -2.14. The van der Waals surface area contributed by atoms with Crippen LogP contribution in [0.4, 0.5) is 5.82 Å². The number of carbonyl (C=O) groups excluding carboxylic acids is 1. The Morgan fingerprint density at radius 3 is 2.68 bits per heavy atom. The van der Waals surface area contributed by atoms with Crippen molar-refractivity contribution in [1.82, 2.24) is 14.3 Å². The van der Waals surface area contributed by atoms with E-state index in [4.69, 9.17) is 12.2 Å². The van der Waals surface area contributed by atoms with Crippen LogP contribution in [0.25, 0.3) is 11.7 Å². The average Bonchev–Trinajstić information content (AvgIpc) is 3.03. The molecule has 3 heterocycles. The smallest absolute Gasteiger partial charge is 0.267 e. The zero-order valence-corrected chi connectivity index (χ0v) is 18.9. The quantitative estimate of drug-likeness (QED) is 0.454. The van der Waals surface area contributed by atoms with E-state index in [2.05, 4.69) is 10.3 Å². The highest BCUT2D eigenvalue weighted by molar-refractivity contribution is 8.26. The predicted molar refractivity (Wildman–Crippen MR) is 130 cm³/mol. The maximum absolute atomic E-state index is 13.2. The molecule has 1 aliphatic heterocycles. The van der Waals surface area contributed by atoms with Gasteiger partial charge in [0.05, 0.1) is 10.5 Å². The Morgan fingerprint density at radius 2 is 1.94 bits per heavy atom. The minimum absolute atomic E-state index is 0.179. The summed E-state index contributed by atoms with van der Waals surface area (Å²) >= 11 is 6.67. The van der Waals surface area contributed by atoms with E-state index in [1.54, 1.807) is 17.2 Å². The summed E-state index contributed by atoms with van der Waals surface area (Å²) in [6, 6.07) is 13.7. The molecule has 0 unspecified atom stereocenters. The van der Waals surface area contributed by atoms with Crippen molar-refractivity contribution < 1.29 is 4.79 Å². The second-order valence-corrected chi connectivity index (χ2v) is 8.84. The minimum Gasteiger partial charge on any atom is -0.370 e.